The summed E-state index contributed by atoms with van der Waals surface area (Å²) in [6.07, 6.45) is 3.70. The van der Waals surface area contributed by atoms with Crippen molar-refractivity contribution in [2.75, 3.05) is 11.9 Å². The van der Waals surface area contributed by atoms with Gasteiger partial charge < -0.3 is 0 Å². The monoisotopic (exact) mass is 963 g/mol. The van der Waals surface area contributed by atoms with Crippen LogP contribution in [-0.4, -0.2) is 30.7 Å². The van der Waals surface area contributed by atoms with E-state index in [1.54, 1.807) is 0 Å². The van der Waals surface area contributed by atoms with E-state index in [4.69, 9.17) is 4.98 Å². The Labute approximate surface area is 364 Å². The molecule has 0 bridgehead atoms. The Balaban J connectivity index is 1.04. The fraction of sp³-hybridized carbons (Fsp3) is 0.0185. The van der Waals surface area contributed by atoms with Gasteiger partial charge in [0.1, 0.15) is 0 Å². The normalized spacial score (nSPS) is 11.5. The van der Waals surface area contributed by atoms with Crippen LogP contribution in [0.25, 0.3) is 83.5 Å². The van der Waals surface area contributed by atoms with Gasteiger partial charge in [0, 0.05) is 18.0 Å². The second-order valence-corrected chi connectivity index (χ2v) is 15.9. The van der Waals surface area contributed by atoms with E-state index in [0.29, 0.717) is 0 Å². The summed E-state index contributed by atoms with van der Waals surface area (Å²) >= 11 is 2.50. The average molecular weight is 964 g/mol. The number of para-hydroxylation sites is 4. The van der Waals surface area contributed by atoms with Crippen LogP contribution < -0.4 is 4.90 Å². The molecule has 0 aliphatic rings. The van der Waals surface area contributed by atoms with Crippen LogP contribution in [0, 0.1) is 15.9 Å². The number of benzene rings is 7. The van der Waals surface area contributed by atoms with E-state index in [2.05, 4.69) is 232 Å². The van der Waals surface area contributed by atoms with Crippen LogP contribution in [0.15, 0.2) is 200 Å². The summed E-state index contributed by atoms with van der Waals surface area (Å²) in [5, 5.41) is 2.27. The number of anilines is 2. The third kappa shape index (κ3) is 6.35. The summed E-state index contributed by atoms with van der Waals surface area (Å²) in [7, 11) is 2.08. The Morgan fingerprint density at radius 1 is 0.475 bits per heavy atom. The standard InChI is InChI=1S/C54H36N6.Pt/c1-57(42-30-31-47-46-22-8-9-26-49(46)60(52(47)35-42)53-32-29-40(36-56-53)48-25-12-13-33-55-48)41-20-14-21-43(34-41)58-37-59(51-28-11-10-27-50(51)58)54-44(38-16-4-2-5-17-38)23-15-24-45(54)39-18-6-3-7-19-39;/h2-33,36H,1H3;/q-2;. The molecule has 0 aliphatic carbocycles. The van der Waals surface area contributed by atoms with Gasteiger partial charge in [-0.05, 0) is 18.2 Å². The first-order valence-corrected chi connectivity index (χ1v) is 21.3. The third-order valence-electron chi connectivity index (χ3n) is 11.4. The van der Waals surface area contributed by atoms with Crippen LogP contribution in [0.5, 0.6) is 0 Å². The molecule has 61 heavy (non-hydrogen) atoms. The molecule has 0 N–H and O–H groups in total. The molecule has 0 aliphatic heterocycles. The number of imidazole rings is 1. The van der Waals surface area contributed by atoms with Gasteiger partial charge in [0.25, 0.3) is 0 Å². The van der Waals surface area contributed by atoms with Crippen molar-refractivity contribution in [3.8, 4) is 50.7 Å². The van der Waals surface area contributed by atoms with Crippen molar-refractivity contribution in [3.63, 3.8) is 0 Å². The van der Waals surface area contributed by atoms with Crippen molar-refractivity contribution < 1.29 is 19.4 Å². The van der Waals surface area contributed by atoms with Crippen molar-refractivity contribution in [2.24, 2.45) is 0 Å². The van der Waals surface area contributed by atoms with Gasteiger partial charge in [-0.3, -0.25) is 4.98 Å². The van der Waals surface area contributed by atoms with Crippen molar-refractivity contribution in [2.45, 2.75) is 0 Å². The molecule has 0 unspecified atom stereocenters. The summed E-state index contributed by atoms with van der Waals surface area (Å²) < 4.78 is 7.96. The predicted octanol–water partition coefficient (Wildman–Crippen LogP) is 12.8. The van der Waals surface area contributed by atoms with E-state index in [9.17, 15) is 0 Å². The molecule has 4 aromatic heterocycles. The zero-order valence-electron chi connectivity index (χ0n) is 33.1. The molecule has 0 fully saturated rings. The summed E-state index contributed by atoms with van der Waals surface area (Å²) in [6.45, 7) is 0. The fourth-order valence-electron chi connectivity index (χ4n) is 8.46. The number of hydrogen-bond acceptors (Lipinski definition) is 3. The molecular formula is C54H36N6Pt-2. The minimum Gasteiger partial charge on any atom is -0.256 e. The van der Waals surface area contributed by atoms with Gasteiger partial charge >= 0.3 is 301 Å². The summed E-state index contributed by atoms with van der Waals surface area (Å²) in [5.41, 5.74) is 14.6. The summed E-state index contributed by atoms with van der Waals surface area (Å²) in [6, 6.07) is 73.5. The van der Waals surface area contributed by atoms with Gasteiger partial charge in [-0.2, -0.15) is 0 Å². The maximum atomic E-state index is 4.96. The summed E-state index contributed by atoms with van der Waals surface area (Å²) in [4.78, 5) is 11.6. The fourth-order valence-corrected chi connectivity index (χ4v) is 9.53. The molecule has 0 radical (unpaired) electrons. The number of fused-ring (bicyclic) bond motifs is 4. The Morgan fingerprint density at radius 2 is 1.11 bits per heavy atom. The number of hydrogen-bond donors (Lipinski definition) is 0. The number of nitrogens with zero attached hydrogens (tertiary/aromatic N) is 6. The molecule has 0 atom stereocenters. The Morgan fingerprint density at radius 3 is 1.80 bits per heavy atom. The minimum atomic E-state index is 0.821. The first kappa shape index (κ1) is 36.7. The van der Waals surface area contributed by atoms with E-state index in [1.165, 1.54) is 0 Å². The van der Waals surface area contributed by atoms with Gasteiger partial charge in [-0.1, -0.05) is 18.2 Å². The van der Waals surface area contributed by atoms with E-state index in [0.717, 1.165) is 98.7 Å². The molecule has 0 amide bonds. The van der Waals surface area contributed by atoms with Gasteiger partial charge in [-0.15, -0.1) is 0 Å². The molecule has 7 heteroatoms. The van der Waals surface area contributed by atoms with Crippen LogP contribution >= 0.6 is 0 Å². The minimum absolute atomic E-state index is 0.821. The van der Waals surface area contributed by atoms with Crippen LogP contribution in [0.2, 0.25) is 0 Å². The summed E-state index contributed by atoms with van der Waals surface area (Å²) in [5.74, 6) is 0.821. The van der Waals surface area contributed by atoms with E-state index in [1.807, 2.05) is 30.6 Å². The second kappa shape index (κ2) is 15.3. The first-order valence-electron chi connectivity index (χ1n) is 20.1. The maximum absolute atomic E-state index is 4.96. The van der Waals surface area contributed by atoms with E-state index >= 15 is 0 Å². The van der Waals surface area contributed by atoms with E-state index < -0.39 is 0 Å². The van der Waals surface area contributed by atoms with Gasteiger partial charge in [-0.25, -0.2) is 0 Å². The number of rotatable bonds is 8. The van der Waals surface area contributed by atoms with Crippen molar-refractivity contribution >= 4 is 44.2 Å². The number of pyridine rings is 2. The van der Waals surface area contributed by atoms with Crippen molar-refractivity contribution in [1.82, 2.24) is 23.7 Å². The quantitative estimate of drug-likeness (QED) is 0.143. The SMILES string of the molecule is CN(c1[c-]c(-n2[c](=[Pt])n(-c3c(-c4ccccc4)cccc3-c3ccccc3)c3ccccc32)ccc1)c1[c-]c2c(cc1)c1ccccc1n2-c1ccc(-c2ccccn2)cn1. The van der Waals surface area contributed by atoms with Crippen molar-refractivity contribution in [3.05, 3.63) is 216 Å². The first-order chi connectivity index (χ1) is 30.1. The molecule has 7 aromatic carbocycles. The Bertz CT molecular complexity index is 3380. The van der Waals surface area contributed by atoms with Gasteiger partial charge in [0.15, 0.2) is 0 Å². The van der Waals surface area contributed by atoms with Crippen LogP contribution in [-0.2, 0) is 19.4 Å². The molecule has 0 spiro atoms. The van der Waals surface area contributed by atoms with Crippen molar-refractivity contribution in [1.29, 1.82) is 0 Å². The topological polar surface area (TPSA) is 43.8 Å². The zero-order chi connectivity index (χ0) is 40.9. The molecule has 0 saturated heterocycles. The Kier molecular flexibility index (Phi) is 9.21. The van der Waals surface area contributed by atoms with Crippen LogP contribution in [0.1, 0.15) is 0 Å². The predicted molar refractivity (Wildman–Crippen MR) is 244 cm³/mol. The molecular weight excluding hydrogens is 928 g/mol. The molecule has 11 rings (SSSR count). The molecule has 4 heterocycles. The number of aromatic nitrogens is 5. The molecule has 0 saturated carbocycles. The molecule has 294 valence electrons. The smallest absolute Gasteiger partial charge is 0.256 e. The molecule has 11 aromatic rings. The van der Waals surface area contributed by atoms with Gasteiger partial charge in [0.05, 0.1) is 5.69 Å². The van der Waals surface area contributed by atoms with E-state index in [-0.39, 0.29) is 0 Å². The van der Waals surface area contributed by atoms with Crippen LogP contribution in [0.4, 0.5) is 11.4 Å². The van der Waals surface area contributed by atoms with Crippen LogP contribution in [0.3, 0.4) is 0 Å². The van der Waals surface area contributed by atoms with Gasteiger partial charge in [0.2, 0.25) is 0 Å². The zero-order valence-corrected chi connectivity index (χ0v) is 35.3. The Hall–Kier alpha value is -7.40. The molecule has 6 nitrogen and oxygen atoms in total. The average Bonchev–Trinajstić information content (AvgIpc) is 3.82. The third-order valence-corrected chi connectivity index (χ3v) is 12.4. The second-order valence-electron chi connectivity index (χ2n) is 14.9.